The highest BCUT2D eigenvalue weighted by Gasteiger charge is 2.28. The fourth-order valence-electron chi connectivity index (χ4n) is 3.20. The Balaban J connectivity index is 1.97. The first-order valence-electron chi connectivity index (χ1n) is 9.18. The van der Waals surface area contributed by atoms with Crippen LogP contribution in [0.2, 0.25) is 0 Å². The van der Waals surface area contributed by atoms with Crippen molar-refractivity contribution in [2.24, 2.45) is 0 Å². The summed E-state index contributed by atoms with van der Waals surface area (Å²) in [5.41, 5.74) is 3.08. The summed E-state index contributed by atoms with van der Waals surface area (Å²) in [6.45, 7) is 7.01. The number of hydrogen-bond donors (Lipinski definition) is 0. The van der Waals surface area contributed by atoms with E-state index in [0.29, 0.717) is 6.42 Å². The molecule has 26 heavy (non-hydrogen) atoms. The molecule has 0 saturated carbocycles. The molecule has 0 N–H and O–H groups in total. The molecule has 0 saturated heterocycles. The van der Waals surface area contributed by atoms with Crippen LogP contribution >= 0.6 is 11.8 Å². The minimum atomic E-state index is 0.154. The van der Waals surface area contributed by atoms with E-state index < -0.39 is 0 Å². The molecular formula is C21H27N3OS. The fraction of sp³-hybridized carbons (Fsp3) is 0.381. The van der Waals surface area contributed by atoms with Crippen molar-refractivity contribution in [1.29, 1.82) is 0 Å². The maximum absolute atomic E-state index is 13.2. The van der Waals surface area contributed by atoms with Gasteiger partial charge >= 0.3 is 0 Å². The third kappa shape index (κ3) is 3.74. The predicted molar refractivity (Wildman–Crippen MR) is 111 cm³/mol. The normalized spacial score (nSPS) is 12.7. The third-order valence-corrected chi connectivity index (χ3v) is 5.94. The van der Waals surface area contributed by atoms with Gasteiger partial charge in [0.05, 0.1) is 11.4 Å². The van der Waals surface area contributed by atoms with Crippen LogP contribution in [0.5, 0.6) is 0 Å². The van der Waals surface area contributed by atoms with E-state index in [-0.39, 0.29) is 5.91 Å². The number of fused-ring (bicyclic) bond motifs is 2. The Kier molecular flexibility index (Phi) is 5.89. The standard InChI is InChI=1S/C21H27N3OS/c1-5-23(6-2)14-13-21(25)24-17-9-7-8-10-19(17)26-20-12-11-16(22(3)4)15-18(20)24/h7-12,15H,5-6,13-14H2,1-4H3. The van der Waals surface area contributed by atoms with Gasteiger partial charge in [0.2, 0.25) is 5.91 Å². The van der Waals surface area contributed by atoms with Gasteiger partial charge in [-0.25, -0.2) is 0 Å². The Morgan fingerprint density at radius 2 is 1.69 bits per heavy atom. The quantitative estimate of drug-likeness (QED) is 0.743. The zero-order valence-corrected chi connectivity index (χ0v) is 16.8. The Morgan fingerprint density at radius 1 is 1.00 bits per heavy atom. The highest BCUT2D eigenvalue weighted by atomic mass is 32.2. The smallest absolute Gasteiger partial charge is 0.232 e. The van der Waals surface area contributed by atoms with Crippen LogP contribution in [0.4, 0.5) is 17.1 Å². The van der Waals surface area contributed by atoms with E-state index in [1.54, 1.807) is 11.8 Å². The third-order valence-electron chi connectivity index (χ3n) is 4.81. The highest BCUT2D eigenvalue weighted by Crippen LogP contribution is 2.49. The lowest BCUT2D eigenvalue weighted by Crippen LogP contribution is -2.33. The van der Waals surface area contributed by atoms with Gasteiger partial charge in [-0.3, -0.25) is 9.69 Å². The molecule has 1 aliphatic heterocycles. The van der Waals surface area contributed by atoms with Gasteiger partial charge in [-0.15, -0.1) is 0 Å². The average molecular weight is 370 g/mol. The maximum atomic E-state index is 13.2. The fourth-order valence-corrected chi connectivity index (χ4v) is 4.23. The first-order chi connectivity index (χ1) is 12.5. The van der Waals surface area contributed by atoms with Crippen LogP contribution in [-0.4, -0.2) is 44.5 Å². The Hall–Kier alpha value is -1.98. The summed E-state index contributed by atoms with van der Waals surface area (Å²) in [5.74, 6) is 0.154. The second-order valence-corrected chi connectivity index (χ2v) is 7.71. The van der Waals surface area contributed by atoms with Gasteiger partial charge in [-0.1, -0.05) is 37.7 Å². The van der Waals surface area contributed by atoms with E-state index in [4.69, 9.17) is 0 Å². The van der Waals surface area contributed by atoms with Crippen molar-refractivity contribution < 1.29 is 4.79 Å². The molecule has 5 heteroatoms. The Morgan fingerprint density at radius 3 is 2.38 bits per heavy atom. The highest BCUT2D eigenvalue weighted by molar-refractivity contribution is 7.99. The number of carbonyl (C=O) groups is 1. The largest absolute Gasteiger partial charge is 0.378 e. The average Bonchev–Trinajstić information content (AvgIpc) is 2.66. The summed E-state index contributed by atoms with van der Waals surface area (Å²) in [4.78, 5) is 21.8. The van der Waals surface area contributed by atoms with Crippen LogP contribution in [0.15, 0.2) is 52.3 Å². The predicted octanol–water partition coefficient (Wildman–Crippen LogP) is 4.61. The SMILES string of the molecule is CCN(CC)CCC(=O)N1c2ccccc2Sc2ccc(N(C)C)cc21. The minimum absolute atomic E-state index is 0.154. The van der Waals surface area contributed by atoms with Gasteiger partial charge in [-0.2, -0.15) is 0 Å². The number of rotatable bonds is 6. The molecule has 0 spiro atoms. The van der Waals surface area contributed by atoms with Gasteiger partial charge in [0.1, 0.15) is 0 Å². The number of amides is 1. The van der Waals surface area contributed by atoms with E-state index in [9.17, 15) is 4.79 Å². The molecule has 0 aliphatic carbocycles. The summed E-state index contributed by atoms with van der Waals surface area (Å²) >= 11 is 1.73. The molecule has 0 fully saturated rings. The molecule has 0 radical (unpaired) electrons. The molecule has 4 nitrogen and oxygen atoms in total. The molecule has 2 aromatic rings. The number of anilines is 3. The number of benzene rings is 2. The van der Waals surface area contributed by atoms with Crippen molar-refractivity contribution in [3.8, 4) is 0 Å². The molecule has 1 heterocycles. The van der Waals surface area contributed by atoms with E-state index in [1.165, 1.54) is 0 Å². The molecular weight excluding hydrogens is 342 g/mol. The van der Waals surface area contributed by atoms with E-state index in [2.05, 4.69) is 47.9 Å². The van der Waals surface area contributed by atoms with Crippen LogP contribution in [-0.2, 0) is 4.79 Å². The van der Waals surface area contributed by atoms with Crippen LogP contribution in [0.25, 0.3) is 0 Å². The second-order valence-electron chi connectivity index (χ2n) is 6.62. The van der Waals surface area contributed by atoms with Crippen LogP contribution in [0, 0.1) is 0 Å². The van der Waals surface area contributed by atoms with Gasteiger partial charge in [-0.05, 0) is 43.4 Å². The lowest BCUT2D eigenvalue weighted by atomic mass is 10.1. The number of nitrogens with zero attached hydrogens (tertiary/aromatic N) is 3. The molecule has 0 aromatic heterocycles. The molecule has 1 aliphatic rings. The minimum Gasteiger partial charge on any atom is -0.378 e. The van der Waals surface area contributed by atoms with Gasteiger partial charge in [0.15, 0.2) is 0 Å². The van der Waals surface area contributed by atoms with Crippen LogP contribution in [0.1, 0.15) is 20.3 Å². The van der Waals surface area contributed by atoms with Gasteiger partial charge in [0, 0.05) is 42.5 Å². The van der Waals surface area contributed by atoms with Crippen LogP contribution < -0.4 is 9.80 Å². The summed E-state index contributed by atoms with van der Waals surface area (Å²) in [6, 6.07) is 14.5. The summed E-state index contributed by atoms with van der Waals surface area (Å²) in [5, 5.41) is 0. The molecule has 0 unspecified atom stereocenters. The monoisotopic (exact) mass is 369 g/mol. The first-order valence-corrected chi connectivity index (χ1v) is 10.00. The summed E-state index contributed by atoms with van der Waals surface area (Å²) in [6.07, 6.45) is 0.520. The van der Waals surface area contributed by atoms with Crippen molar-refractivity contribution in [1.82, 2.24) is 4.90 Å². The van der Waals surface area contributed by atoms with Crippen molar-refractivity contribution in [2.75, 3.05) is 43.5 Å². The van der Waals surface area contributed by atoms with Gasteiger partial charge < -0.3 is 9.80 Å². The summed E-state index contributed by atoms with van der Waals surface area (Å²) in [7, 11) is 4.05. The zero-order chi connectivity index (χ0) is 18.7. The lowest BCUT2D eigenvalue weighted by molar-refractivity contribution is -0.118. The molecule has 138 valence electrons. The molecule has 1 amide bonds. The van der Waals surface area contributed by atoms with Crippen molar-refractivity contribution in [2.45, 2.75) is 30.1 Å². The van der Waals surface area contributed by atoms with Crippen molar-refractivity contribution in [3.05, 3.63) is 42.5 Å². The molecule has 0 bridgehead atoms. The molecule has 3 rings (SSSR count). The Bertz CT molecular complexity index is 787. The van der Waals surface area contributed by atoms with Crippen LogP contribution in [0.3, 0.4) is 0 Å². The lowest BCUT2D eigenvalue weighted by Gasteiger charge is -2.32. The number of carbonyl (C=O) groups excluding carboxylic acids is 1. The van der Waals surface area contributed by atoms with E-state index in [0.717, 1.165) is 46.5 Å². The zero-order valence-electron chi connectivity index (χ0n) is 16.0. The van der Waals surface area contributed by atoms with E-state index >= 15 is 0 Å². The second kappa shape index (κ2) is 8.14. The Labute approximate surface area is 160 Å². The summed E-state index contributed by atoms with van der Waals surface area (Å²) < 4.78 is 0. The topological polar surface area (TPSA) is 26.8 Å². The van der Waals surface area contributed by atoms with Crippen molar-refractivity contribution >= 4 is 34.7 Å². The maximum Gasteiger partial charge on any atom is 0.232 e. The number of hydrogen-bond acceptors (Lipinski definition) is 4. The van der Waals surface area contributed by atoms with Crippen molar-refractivity contribution in [3.63, 3.8) is 0 Å². The van der Waals surface area contributed by atoms with E-state index in [1.807, 2.05) is 37.2 Å². The van der Waals surface area contributed by atoms with Gasteiger partial charge in [0.25, 0.3) is 0 Å². The number of para-hydroxylation sites is 1. The molecule has 2 aromatic carbocycles. The molecule has 0 atom stereocenters. The first kappa shape index (κ1) is 18.8.